The second-order valence-electron chi connectivity index (χ2n) is 16.9. The van der Waals surface area contributed by atoms with Crippen molar-refractivity contribution in [3.05, 3.63) is 0 Å². The topological polar surface area (TPSA) is 174 Å². The van der Waals surface area contributed by atoms with Crippen molar-refractivity contribution in [1.29, 1.82) is 0 Å². The smallest absolute Gasteiger partial charge is 0.169 e. The summed E-state index contributed by atoms with van der Waals surface area (Å²) in [5, 5.41) is 12.7. The van der Waals surface area contributed by atoms with Crippen molar-refractivity contribution in [3.63, 3.8) is 0 Å². The molecule has 0 atom stereocenters. The van der Waals surface area contributed by atoms with Crippen molar-refractivity contribution in [3.8, 4) is 0 Å². The molecule has 17 nitrogen and oxygen atoms in total. The molecule has 0 bridgehead atoms. The van der Waals surface area contributed by atoms with Crippen LogP contribution < -0.4 is 21.3 Å². The number of nitrogens with zero attached hydrogens (tertiary/aromatic N) is 2. The zero-order valence-corrected chi connectivity index (χ0v) is 98.9. The molecular weight excluding hydrogens is 1590 g/mol. The van der Waals surface area contributed by atoms with E-state index in [2.05, 4.69) is 59.5 Å². The van der Waals surface area contributed by atoms with E-state index in [-0.39, 0.29) is 0 Å². The van der Waals surface area contributed by atoms with Gasteiger partial charge in [-0.05, 0) is 139 Å². The van der Waals surface area contributed by atoms with Gasteiger partial charge in [0.1, 0.15) is 20.2 Å². The van der Waals surface area contributed by atoms with E-state index in [4.69, 9.17) is 47.4 Å². The number of aliphatic imine (C=N–C) groups is 2. The molecule has 13 rings (SSSR count). The molecule has 13 aliphatic heterocycles. The highest BCUT2D eigenvalue weighted by Crippen LogP contribution is 2.15. The van der Waals surface area contributed by atoms with Crippen LogP contribution in [0, 0.1) is 0 Å². The second-order valence-corrected chi connectivity index (χ2v) is 20.3. The first-order valence-corrected chi connectivity index (χ1v) is 56.8. The molecule has 786 valence electrons. The maximum atomic E-state index is 5.07. The van der Waals surface area contributed by atoms with Crippen molar-refractivity contribution in [2.75, 3.05) is 214 Å². The Hall–Kier alpha value is -0.370. The molecule has 0 aromatic carbocycles. The summed E-state index contributed by atoms with van der Waals surface area (Å²) >= 11 is 5.95. The quantitative estimate of drug-likeness (QED) is 0.180. The number of rotatable bonds is 0. The summed E-state index contributed by atoms with van der Waals surface area (Å²) < 4.78 is 53.5. The van der Waals surface area contributed by atoms with Gasteiger partial charge >= 0.3 is 0 Å². The van der Waals surface area contributed by atoms with E-state index in [1.807, 2.05) is 366 Å². The summed E-state index contributed by atoms with van der Waals surface area (Å²) in [6.45, 7) is 130. The van der Waals surface area contributed by atoms with Crippen molar-refractivity contribution in [1.82, 2.24) is 21.3 Å². The van der Waals surface area contributed by atoms with Gasteiger partial charge < -0.3 is 68.1 Å². The summed E-state index contributed by atoms with van der Waals surface area (Å²) in [5.74, 6) is 6.86. The Bertz CT molecular complexity index is 734. The lowest BCUT2D eigenvalue weighted by Crippen LogP contribution is -2.30. The fourth-order valence-electron chi connectivity index (χ4n) is 6.40. The van der Waals surface area contributed by atoms with Crippen LogP contribution >= 0.6 is 35.3 Å². The van der Waals surface area contributed by atoms with Crippen LogP contribution in [0.15, 0.2) is 9.98 Å². The number of thioether (sulfide) groups is 3. The summed E-state index contributed by atoms with van der Waals surface area (Å²) in [6.07, 6.45) is 23.4. The highest BCUT2D eigenvalue weighted by Gasteiger charge is 2.00. The molecule has 4 N–H and O–H groups in total. The molecule has 0 aromatic rings. The Balaban J connectivity index is -0.0000000331. The van der Waals surface area contributed by atoms with Crippen LogP contribution in [0.1, 0.15) is 463 Å². The first-order chi connectivity index (χ1) is 61.5. The van der Waals surface area contributed by atoms with Crippen LogP contribution in [0.2, 0.25) is 0 Å². The molecule has 0 amide bonds. The van der Waals surface area contributed by atoms with Crippen molar-refractivity contribution < 1.29 is 52.1 Å². The second kappa shape index (κ2) is 355. The number of morpholine rings is 1. The van der Waals surface area contributed by atoms with Gasteiger partial charge in [0.15, 0.2) is 6.40 Å². The van der Waals surface area contributed by atoms with Crippen LogP contribution in [-0.4, -0.2) is 226 Å². The Morgan fingerprint density at radius 2 is 0.423 bits per heavy atom. The van der Waals surface area contributed by atoms with Gasteiger partial charge in [0.05, 0.1) is 91.5 Å². The van der Waals surface area contributed by atoms with E-state index in [9.17, 15) is 0 Å². The van der Waals surface area contributed by atoms with Gasteiger partial charge in [0.2, 0.25) is 0 Å². The fourth-order valence-corrected chi connectivity index (χ4v) is 8.97. The number of piperidine rings is 1. The standard InChI is InChI=1S/C5H11N.C5H10O.C5H10S.C4H9NO.C4H9N.2C4H8O2.C4H8O.C4H8S.C3H7NO.C3H5NO.C3H5NS.C3H6O2.26C2H6/c3*1-2-4-6-5-3-1;1-3-6-4-2-5-1;1-2-4-5-3-1;1-2-6-4-3-5-1;1-2-5-4-6-3-1;2*1-2-4-5-3-1;4*1-2-5-3-4-1;26*1-2/h6H,1-5H2;2*1-5H2;5H,1-4H2;5H,1-4H2;2*1-4H2;2*1-4H2;4H,1-3H2;2*3H,1-2H2;1-3H2;26*1-2H3. The number of hydrogen-bond donors (Lipinski definition) is 4. The third-order valence-electron chi connectivity index (χ3n) is 10.4. The van der Waals surface area contributed by atoms with Crippen molar-refractivity contribution in [2.45, 2.75) is 463 Å². The maximum absolute atomic E-state index is 5.07. The van der Waals surface area contributed by atoms with E-state index >= 15 is 0 Å². The fraction of sp³-hybridized carbons (Fsp3) is 0.981. The molecule has 0 spiro atoms. The molecular formula is C103H260N6O11S3. The SMILES string of the molecule is C1=NCCO1.C1=NCCS1.C1CCNC1.C1CCNCC1.C1CCOC1.C1CCOCC1.C1CCSC1.C1CCSCC1.C1COCCN1.C1COCCO1.C1COCN1.C1COCO1.C1COCOC1.CC.CC.CC.CC.CC.CC.CC.CC.CC.CC.CC.CC.CC.CC.CC.CC.CC.CC.CC.CC.CC.CC.CC.CC.CC.CC. The van der Waals surface area contributed by atoms with Crippen LogP contribution in [0.5, 0.6) is 0 Å². The maximum Gasteiger partial charge on any atom is 0.169 e. The minimum absolute atomic E-state index is 0.500. The average Bonchev–Trinajstić information content (AvgIpc) is 2.08. The zero-order chi connectivity index (χ0) is 102. The molecule has 0 saturated carbocycles. The highest BCUT2D eigenvalue weighted by atomic mass is 32.2. The molecule has 11 saturated heterocycles. The normalized spacial score (nSPS) is 14.8. The first-order valence-electron chi connectivity index (χ1n) is 53.5. The van der Waals surface area contributed by atoms with Gasteiger partial charge in [-0.15, -0.1) is 11.8 Å². The van der Waals surface area contributed by atoms with Gasteiger partial charge in [-0.25, -0.2) is 0 Å². The summed E-state index contributed by atoms with van der Waals surface area (Å²) in [7, 11) is 0. The largest absolute Gasteiger partial charge is 0.482 e. The van der Waals surface area contributed by atoms with Crippen LogP contribution in [0.3, 0.4) is 0 Å². The summed E-state index contributed by atoms with van der Waals surface area (Å²) in [4.78, 5) is 7.66. The number of ether oxygens (including phenoxy) is 11. The molecule has 11 fully saturated rings. The molecule has 123 heavy (non-hydrogen) atoms. The predicted molar refractivity (Wildman–Crippen MR) is 594 cm³/mol. The lowest BCUT2D eigenvalue weighted by molar-refractivity contribution is -0.0963. The predicted octanol–water partition coefficient (Wildman–Crippen LogP) is 33.6. The zero-order valence-electron chi connectivity index (χ0n) is 96.4. The third-order valence-corrected chi connectivity index (χ3v) is 13.5. The van der Waals surface area contributed by atoms with E-state index in [1.54, 1.807) is 11.8 Å². The molecule has 0 aliphatic carbocycles. The Morgan fingerprint density at radius 1 is 0.187 bits per heavy atom. The van der Waals surface area contributed by atoms with Gasteiger partial charge in [-0.2, -0.15) is 23.5 Å². The van der Waals surface area contributed by atoms with E-state index < -0.39 is 0 Å². The number of nitrogens with one attached hydrogen (secondary N) is 4. The van der Waals surface area contributed by atoms with Crippen LogP contribution in [-0.2, 0) is 52.1 Å². The van der Waals surface area contributed by atoms with Crippen LogP contribution in [0.4, 0.5) is 0 Å². The lowest BCUT2D eigenvalue weighted by Gasteiger charge is -2.10. The van der Waals surface area contributed by atoms with Gasteiger partial charge in [0, 0.05) is 58.4 Å². The Kier molecular flexibility index (Phi) is 560. The van der Waals surface area contributed by atoms with Gasteiger partial charge in [-0.1, -0.05) is 373 Å². The van der Waals surface area contributed by atoms with Crippen LogP contribution in [0.25, 0.3) is 0 Å². The van der Waals surface area contributed by atoms with Gasteiger partial charge in [-0.3, -0.25) is 15.3 Å². The van der Waals surface area contributed by atoms with Gasteiger partial charge in [0.25, 0.3) is 0 Å². The van der Waals surface area contributed by atoms with E-state index in [0.29, 0.717) is 13.6 Å². The molecule has 13 heterocycles. The van der Waals surface area contributed by atoms with Crippen molar-refractivity contribution in [2.24, 2.45) is 9.98 Å². The highest BCUT2D eigenvalue weighted by molar-refractivity contribution is 8.12. The molecule has 0 aromatic heterocycles. The Morgan fingerprint density at radius 3 is 0.528 bits per heavy atom. The summed E-state index contributed by atoms with van der Waals surface area (Å²) in [5.41, 5.74) is 1.90. The minimum atomic E-state index is 0.500. The summed E-state index contributed by atoms with van der Waals surface area (Å²) in [6, 6.07) is 0. The number of hydrogen-bond acceptors (Lipinski definition) is 20. The average molecular weight is 1860 g/mol. The first kappa shape index (κ1) is 194. The minimum Gasteiger partial charge on any atom is -0.482 e. The van der Waals surface area contributed by atoms with E-state index in [1.165, 1.54) is 158 Å². The lowest BCUT2D eigenvalue weighted by atomic mass is 10.2. The molecule has 0 radical (unpaired) electrons. The molecule has 13 aliphatic rings. The molecule has 20 heteroatoms. The Labute approximate surface area is 802 Å². The van der Waals surface area contributed by atoms with Crippen molar-refractivity contribution >= 4 is 47.2 Å². The third kappa shape index (κ3) is 349. The molecule has 0 unspecified atom stereocenters. The monoisotopic (exact) mass is 1850 g/mol. The van der Waals surface area contributed by atoms with E-state index in [0.717, 1.165) is 152 Å².